The summed E-state index contributed by atoms with van der Waals surface area (Å²) in [7, 11) is 0. The van der Waals surface area contributed by atoms with Crippen molar-refractivity contribution in [3.8, 4) is 0 Å². The predicted molar refractivity (Wildman–Crippen MR) is 5.83 cm³/mol. The first-order chi connectivity index (χ1) is 1.00. The van der Waals surface area contributed by atoms with Gasteiger partial charge in [-0.05, 0) is 0 Å². The van der Waals surface area contributed by atoms with Crippen LogP contribution in [0.15, 0.2) is 0 Å². The Morgan fingerprint density at radius 3 is 1.14 bits per heavy atom. The molecule has 7 heteroatoms. The van der Waals surface area contributed by atoms with Gasteiger partial charge in [-0.2, -0.15) is 0 Å². The van der Waals surface area contributed by atoms with Crippen LogP contribution >= 0.6 is 0 Å². The van der Waals surface area contributed by atoms with E-state index in [1.165, 1.54) is 0 Å². The molecule has 0 fully saturated rings. The van der Waals surface area contributed by atoms with Gasteiger partial charge in [-0.3, -0.25) is 0 Å². The minimum absolute atomic E-state index is 0. The maximum absolute atomic E-state index is 6.81. The zero-order valence-electron chi connectivity index (χ0n) is 3.10. The van der Waals surface area contributed by atoms with E-state index in [0.717, 1.165) is 0 Å². The Hall–Kier alpha value is 2.66. The van der Waals surface area contributed by atoms with Crippen molar-refractivity contribution < 1.29 is 97.6 Å². The molecule has 2 nitrogen and oxygen atoms in total. The monoisotopic (exact) mass is 326 g/mol. The van der Waals surface area contributed by atoms with Crippen molar-refractivity contribution in [2.75, 3.05) is 0 Å². The molecule has 0 aliphatic carbocycles. The fourth-order valence-electron chi connectivity index (χ4n) is 0. The van der Waals surface area contributed by atoms with Gasteiger partial charge < -0.3 is 5.48 Å². The topological polar surface area (TPSA) is 51.7 Å². The Morgan fingerprint density at radius 1 is 1.14 bits per heavy atom. The molecule has 0 aliphatic heterocycles. The summed E-state index contributed by atoms with van der Waals surface area (Å²) in [5.74, 6) is 0. The molecule has 0 aromatic carbocycles. The van der Waals surface area contributed by atoms with Crippen molar-refractivity contribution in [1.82, 2.24) is 0 Å². The van der Waals surface area contributed by atoms with Crippen LogP contribution in [0.2, 0.25) is 0 Å². The summed E-state index contributed by atoms with van der Waals surface area (Å²) in [5, 5.41) is 0. The molecule has 0 aliphatic rings. The number of hydrogen-bond acceptors (Lipinski definition) is 1. The number of hydrogen-bond donors (Lipinski definition) is 1. The Balaban J connectivity index is -0.000000000500. The quantitative estimate of drug-likeness (QED) is 0.547. The molecule has 0 atom stereocenters. The summed E-state index contributed by atoms with van der Waals surface area (Å²) >= 11 is 1.94. The second-order valence-corrected chi connectivity index (χ2v) is 0. The van der Waals surface area contributed by atoms with Crippen molar-refractivity contribution in [1.29, 1.82) is 0 Å². The molecule has 0 heterocycles. The van der Waals surface area contributed by atoms with Crippen LogP contribution in [0.25, 0.3) is 0 Å². The van der Waals surface area contributed by atoms with Crippen LogP contribution in [0.1, 0.15) is 0 Å². The van der Waals surface area contributed by atoms with Crippen LogP contribution in [0.3, 0.4) is 0 Å². The van der Waals surface area contributed by atoms with Crippen LogP contribution < -0.4 is 0 Å². The summed E-state index contributed by atoms with van der Waals surface area (Å²) in [6.45, 7) is 0. The second-order valence-electron chi connectivity index (χ2n) is 0. The van der Waals surface area contributed by atoms with Crippen LogP contribution in [-0.2, 0) is 87.9 Å². The van der Waals surface area contributed by atoms with Gasteiger partial charge in [0.2, 0.25) is 0 Å². The molecule has 0 unspecified atom stereocenters. The maximum Gasteiger partial charge on any atom is 0 e. The van der Waals surface area contributed by atoms with Crippen molar-refractivity contribution in [2.45, 2.75) is 0 Å². The predicted octanol–water partition coefficient (Wildman–Crippen LogP) is -1.39. The molecule has 0 rings (SSSR count). The molecule has 0 saturated carbocycles. The van der Waals surface area contributed by atoms with Crippen molar-refractivity contribution in [3.63, 3.8) is 0 Å². The summed E-state index contributed by atoms with van der Waals surface area (Å²) in [6, 6.07) is 0. The molecule has 0 amide bonds. The van der Waals surface area contributed by atoms with Gasteiger partial charge in [0.1, 0.15) is 0 Å². The van der Waals surface area contributed by atoms with Gasteiger partial charge in [-0.1, -0.05) is 0 Å². The smallest absolute Gasteiger partial charge is 0 e. The van der Waals surface area contributed by atoms with E-state index in [1.807, 2.05) is 16.3 Å². The van der Waals surface area contributed by atoms with Gasteiger partial charge in [0.25, 0.3) is 0 Å². The summed E-state index contributed by atoms with van der Waals surface area (Å²) in [4.78, 5) is 0. The molecule has 0 aromatic rings. The molecular weight excluding hydrogens is 326 g/mol. The molecule has 50 valence electrons. The second kappa shape index (κ2) is 71.8. The van der Waals surface area contributed by atoms with E-state index in [9.17, 15) is 0 Å². The number of rotatable bonds is 0. The average Bonchev–Trinajstić information content (AvgIpc) is 1.00. The van der Waals surface area contributed by atoms with E-state index >= 15 is 0 Å². The molecule has 3 N–H and O–H groups in total. The minimum Gasteiger partial charge on any atom is 0 e. The summed E-state index contributed by atoms with van der Waals surface area (Å²) < 4.78 is 6.81. The van der Waals surface area contributed by atoms with E-state index in [0.29, 0.717) is 0 Å². The fraction of sp³-hybridized carbons (Fsp3) is 0. The zero-order chi connectivity index (χ0) is 2.00. The molecule has 0 aromatic heterocycles. The van der Waals surface area contributed by atoms with E-state index in [4.69, 9.17) is 4.19 Å². The molecule has 7 heavy (non-hydrogen) atoms. The Labute approximate surface area is 96.4 Å². The van der Waals surface area contributed by atoms with Gasteiger partial charge >= 0.3 is 20.5 Å². The van der Waals surface area contributed by atoms with E-state index in [2.05, 4.69) is 0 Å². The Kier molecular flexibility index (Phi) is 555. The third-order valence-electron chi connectivity index (χ3n) is 0. The summed E-state index contributed by atoms with van der Waals surface area (Å²) in [6.07, 6.45) is 0. The van der Waals surface area contributed by atoms with Gasteiger partial charge in [0.05, 0.1) is 0 Å². The third kappa shape index (κ3) is 54.3. The van der Waals surface area contributed by atoms with Crippen LogP contribution in [-0.4, -0.2) is 9.67 Å². The standard InChI is InChI=1S/Cu.Mn.Ni.2H2O.V.Zn/h;;;2*1H2;;/q;+1;;;;;/p-1. The molecular formula is H3CuMnNiO2VZn. The van der Waals surface area contributed by atoms with Crippen LogP contribution in [0.4, 0.5) is 0 Å². The molecule has 0 spiro atoms. The van der Waals surface area contributed by atoms with Crippen LogP contribution in [0.5, 0.6) is 0 Å². The minimum atomic E-state index is 0. The Bertz CT molecular complexity index is 17.7. The normalized spacial score (nSPS) is 0.857. The molecule has 0 bridgehead atoms. The molecule has 2 radical (unpaired) electrons. The van der Waals surface area contributed by atoms with Crippen molar-refractivity contribution in [3.05, 3.63) is 0 Å². The Morgan fingerprint density at radius 2 is 1.14 bits per heavy atom. The molecule has 0 saturated heterocycles. The first kappa shape index (κ1) is 54.1. The van der Waals surface area contributed by atoms with Gasteiger partial charge in [0.15, 0.2) is 0 Å². The van der Waals surface area contributed by atoms with E-state index in [-0.39, 0.29) is 77.1 Å². The van der Waals surface area contributed by atoms with Gasteiger partial charge in [-0.25, -0.2) is 0 Å². The fourth-order valence-corrected chi connectivity index (χ4v) is 0. The van der Waals surface area contributed by atoms with Crippen molar-refractivity contribution >= 4 is 0 Å². The average molecular weight is 329 g/mol. The third-order valence-corrected chi connectivity index (χ3v) is 0. The first-order valence-corrected chi connectivity index (χ1v) is 0.697. The van der Waals surface area contributed by atoms with E-state index < -0.39 is 0 Å². The van der Waals surface area contributed by atoms with E-state index in [1.54, 1.807) is 0 Å². The summed E-state index contributed by atoms with van der Waals surface area (Å²) in [5.41, 5.74) is 0. The first-order valence-electron chi connectivity index (χ1n) is 0.169. The van der Waals surface area contributed by atoms with Crippen LogP contribution in [0, 0.1) is 0 Å². The van der Waals surface area contributed by atoms with Gasteiger partial charge in [0, 0.05) is 71.6 Å². The SMILES string of the molecule is O.[Cu].[Ni].[OH][Mn].[V].[Zn]. The maximum atomic E-state index is 6.81. The largest absolute Gasteiger partial charge is 0 e. The van der Waals surface area contributed by atoms with Crippen molar-refractivity contribution in [2.24, 2.45) is 0 Å². The zero-order valence-corrected chi connectivity index (χ0v) is 10.6. The van der Waals surface area contributed by atoms with Gasteiger partial charge in [-0.15, -0.1) is 0 Å².